The second-order valence-corrected chi connectivity index (χ2v) is 10.2. The quantitative estimate of drug-likeness (QED) is 0.235. The zero-order chi connectivity index (χ0) is 26.6. The second-order valence-electron chi connectivity index (χ2n) is 10.2. The van der Waals surface area contributed by atoms with E-state index < -0.39 is 0 Å². The van der Waals surface area contributed by atoms with Crippen LogP contribution < -0.4 is 0 Å². The number of para-hydroxylation sites is 2. The van der Waals surface area contributed by atoms with Gasteiger partial charge in [0.05, 0.1) is 16.7 Å². The van der Waals surface area contributed by atoms with Crippen molar-refractivity contribution >= 4 is 38.4 Å². The number of fused-ring (bicyclic) bond motifs is 6. The van der Waals surface area contributed by atoms with E-state index in [4.69, 9.17) is 9.97 Å². The molecule has 4 nitrogen and oxygen atoms in total. The molecule has 0 saturated carbocycles. The Morgan fingerprint density at radius 1 is 0.575 bits per heavy atom. The van der Waals surface area contributed by atoms with Crippen molar-refractivity contribution < 1.29 is 0 Å². The molecule has 0 unspecified atom stereocenters. The molecule has 4 heterocycles. The number of benzene rings is 4. The van der Waals surface area contributed by atoms with E-state index in [-0.39, 0.29) is 0 Å². The van der Waals surface area contributed by atoms with Crippen molar-refractivity contribution in [1.82, 2.24) is 18.9 Å². The number of imidazole rings is 1. The minimum atomic E-state index is 0.872. The molecule has 0 radical (unpaired) electrons. The second kappa shape index (κ2) is 8.92. The molecular formula is C36H26N4. The highest BCUT2D eigenvalue weighted by Gasteiger charge is 2.15. The number of nitrogens with zero attached hydrogens (tertiary/aromatic N) is 4. The first kappa shape index (κ1) is 22.7. The van der Waals surface area contributed by atoms with Crippen LogP contribution in [0, 0.1) is 0 Å². The van der Waals surface area contributed by atoms with Crippen molar-refractivity contribution in [2.45, 2.75) is 13.5 Å². The van der Waals surface area contributed by atoms with Crippen LogP contribution in [-0.4, -0.2) is 18.9 Å². The zero-order valence-corrected chi connectivity index (χ0v) is 22.1. The number of aromatic nitrogens is 4. The van der Waals surface area contributed by atoms with Gasteiger partial charge in [-0.2, -0.15) is 0 Å². The van der Waals surface area contributed by atoms with E-state index in [9.17, 15) is 0 Å². The van der Waals surface area contributed by atoms with Gasteiger partial charge in [-0.15, -0.1) is 0 Å². The van der Waals surface area contributed by atoms with Crippen LogP contribution in [0.1, 0.15) is 6.92 Å². The molecule has 4 aromatic carbocycles. The van der Waals surface area contributed by atoms with Gasteiger partial charge >= 0.3 is 0 Å². The smallest absolute Gasteiger partial charge is 0.145 e. The Labute approximate surface area is 231 Å². The molecular weight excluding hydrogens is 488 g/mol. The van der Waals surface area contributed by atoms with Crippen molar-refractivity contribution in [3.05, 3.63) is 128 Å². The van der Waals surface area contributed by atoms with Gasteiger partial charge in [-0.1, -0.05) is 84.9 Å². The highest BCUT2D eigenvalue weighted by atomic mass is 15.1. The molecule has 0 spiro atoms. The average molecular weight is 515 g/mol. The van der Waals surface area contributed by atoms with Crippen LogP contribution in [0.25, 0.3) is 72.1 Å². The third-order valence-electron chi connectivity index (χ3n) is 7.93. The largest absolute Gasteiger partial charge is 0.324 e. The summed E-state index contributed by atoms with van der Waals surface area (Å²) in [5.41, 5.74) is 9.91. The van der Waals surface area contributed by atoms with E-state index in [1.807, 2.05) is 6.07 Å². The lowest BCUT2D eigenvalue weighted by atomic mass is 9.98. The van der Waals surface area contributed by atoms with Crippen molar-refractivity contribution in [3.8, 4) is 33.8 Å². The Morgan fingerprint density at radius 2 is 1.32 bits per heavy atom. The van der Waals surface area contributed by atoms with Gasteiger partial charge in [0.25, 0.3) is 0 Å². The fourth-order valence-electron chi connectivity index (χ4n) is 6.01. The lowest BCUT2D eigenvalue weighted by molar-refractivity contribution is 0.796. The molecule has 0 bridgehead atoms. The van der Waals surface area contributed by atoms with Gasteiger partial charge in [-0.05, 0) is 59.8 Å². The van der Waals surface area contributed by atoms with Gasteiger partial charge in [0.2, 0.25) is 0 Å². The first-order valence-electron chi connectivity index (χ1n) is 13.7. The maximum absolute atomic E-state index is 5.21. The predicted molar refractivity (Wildman–Crippen MR) is 165 cm³/mol. The third-order valence-corrected chi connectivity index (χ3v) is 7.93. The molecule has 8 rings (SSSR count). The summed E-state index contributed by atoms with van der Waals surface area (Å²) in [6, 6.07) is 42.9. The molecule has 8 aromatic rings. The summed E-state index contributed by atoms with van der Waals surface area (Å²) in [5.74, 6) is 1.01. The predicted octanol–water partition coefficient (Wildman–Crippen LogP) is 9.01. The van der Waals surface area contributed by atoms with Gasteiger partial charge in [0, 0.05) is 40.2 Å². The molecule has 190 valence electrons. The highest BCUT2D eigenvalue weighted by molar-refractivity contribution is 6.12. The summed E-state index contributed by atoms with van der Waals surface area (Å²) in [6.07, 6.45) is 2.09. The normalized spacial score (nSPS) is 11.7. The van der Waals surface area contributed by atoms with E-state index in [1.54, 1.807) is 0 Å². The van der Waals surface area contributed by atoms with Crippen LogP contribution in [0.3, 0.4) is 0 Å². The maximum atomic E-state index is 5.21. The van der Waals surface area contributed by atoms with Gasteiger partial charge in [0.15, 0.2) is 0 Å². The lowest BCUT2D eigenvalue weighted by Crippen LogP contribution is -1.97. The zero-order valence-electron chi connectivity index (χ0n) is 22.1. The standard InChI is InChI=1S/C36H26N4/c1-2-39-33-16-6-5-15-32(33)37-35(39)27-11-9-10-26(22-27)24-17-19-25(20-18-24)34-30-14-4-3-13-29(30)31-23-28-12-7-8-21-40(28)36(31)38-34/h3-23H,2H2,1H3. The fourth-order valence-corrected chi connectivity index (χ4v) is 6.01. The van der Waals surface area contributed by atoms with Gasteiger partial charge < -0.3 is 8.97 Å². The summed E-state index contributed by atoms with van der Waals surface area (Å²) in [7, 11) is 0. The number of pyridine rings is 2. The number of aryl methyl sites for hydroxylation is 1. The van der Waals surface area contributed by atoms with Gasteiger partial charge in [0.1, 0.15) is 11.5 Å². The van der Waals surface area contributed by atoms with Crippen LogP contribution in [-0.2, 0) is 6.54 Å². The number of hydrogen-bond acceptors (Lipinski definition) is 2. The van der Waals surface area contributed by atoms with Crippen molar-refractivity contribution in [2.75, 3.05) is 0 Å². The lowest BCUT2D eigenvalue weighted by Gasteiger charge is -2.11. The fraction of sp³-hybridized carbons (Fsp3) is 0.0556. The third kappa shape index (κ3) is 3.46. The van der Waals surface area contributed by atoms with Crippen LogP contribution >= 0.6 is 0 Å². The number of rotatable bonds is 4. The average Bonchev–Trinajstić information content (AvgIpc) is 3.59. The molecule has 0 fully saturated rings. The van der Waals surface area contributed by atoms with E-state index in [2.05, 4.69) is 137 Å². The van der Waals surface area contributed by atoms with Crippen molar-refractivity contribution in [1.29, 1.82) is 0 Å². The monoisotopic (exact) mass is 514 g/mol. The van der Waals surface area contributed by atoms with Crippen LogP contribution in [0.15, 0.2) is 128 Å². The Kier molecular flexibility index (Phi) is 5.07. The SMILES string of the molecule is CCn1c(-c2cccc(-c3ccc(-c4nc5c(cc6ccccn65)c5ccccc45)cc3)c2)nc2ccccc21. The Morgan fingerprint density at radius 3 is 2.20 bits per heavy atom. The Bertz CT molecular complexity index is 2200. The Balaban J connectivity index is 1.23. The molecule has 0 saturated heterocycles. The van der Waals surface area contributed by atoms with E-state index in [0.717, 1.165) is 45.9 Å². The molecule has 4 aromatic heterocycles. The van der Waals surface area contributed by atoms with Crippen LogP contribution in [0.5, 0.6) is 0 Å². The minimum Gasteiger partial charge on any atom is -0.324 e. The van der Waals surface area contributed by atoms with Crippen LogP contribution in [0.4, 0.5) is 0 Å². The van der Waals surface area contributed by atoms with Gasteiger partial charge in [-0.3, -0.25) is 0 Å². The molecule has 0 amide bonds. The first-order valence-corrected chi connectivity index (χ1v) is 13.7. The van der Waals surface area contributed by atoms with E-state index >= 15 is 0 Å². The van der Waals surface area contributed by atoms with E-state index in [0.29, 0.717) is 0 Å². The summed E-state index contributed by atoms with van der Waals surface area (Å²) >= 11 is 0. The van der Waals surface area contributed by atoms with Crippen LogP contribution in [0.2, 0.25) is 0 Å². The molecule has 0 atom stereocenters. The molecule has 0 N–H and O–H groups in total. The minimum absolute atomic E-state index is 0.872. The van der Waals surface area contributed by atoms with Gasteiger partial charge in [-0.25, -0.2) is 9.97 Å². The number of hydrogen-bond donors (Lipinski definition) is 0. The molecule has 0 aliphatic carbocycles. The first-order chi connectivity index (χ1) is 19.8. The van der Waals surface area contributed by atoms with Crippen molar-refractivity contribution in [2.24, 2.45) is 0 Å². The summed E-state index contributed by atoms with van der Waals surface area (Å²) < 4.78 is 4.46. The van der Waals surface area contributed by atoms with Crippen molar-refractivity contribution in [3.63, 3.8) is 0 Å². The summed E-state index contributed by atoms with van der Waals surface area (Å²) in [6.45, 7) is 3.04. The van der Waals surface area contributed by atoms with E-state index in [1.165, 1.54) is 32.8 Å². The topological polar surface area (TPSA) is 35.1 Å². The molecule has 4 heteroatoms. The Hall–Kier alpha value is -5.22. The molecule has 0 aliphatic rings. The summed E-state index contributed by atoms with van der Waals surface area (Å²) in [5, 5.41) is 3.57. The maximum Gasteiger partial charge on any atom is 0.145 e. The summed E-state index contributed by atoms with van der Waals surface area (Å²) in [4.78, 5) is 10.2. The molecule has 0 aliphatic heterocycles. The highest BCUT2D eigenvalue weighted by Crippen LogP contribution is 2.35. The molecule has 40 heavy (non-hydrogen) atoms.